The maximum atomic E-state index is 11.7. The molecule has 2 aromatic rings. The van der Waals surface area contributed by atoms with Gasteiger partial charge in [-0.25, -0.2) is 0 Å². The summed E-state index contributed by atoms with van der Waals surface area (Å²) in [6.07, 6.45) is 0. The van der Waals surface area contributed by atoms with E-state index in [1.54, 1.807) is 31.3 Å². The van der Waals surface area contributed by atoms with E-state index in [0.29, 0.717) is 16.2 Å². The summed E-state index contributed by atoms with van der Waals surface area (Å²) >= 11 is 5.81. The molecule has 1 aromatic carbocycles. The molecule has 0 radical (unpaired) electrons. The SMILES string of the molecule is Cn1c(N)cc2cc(Cl)ccc2c1=O. The third-order valence-electron chi connectivity index (χ3n) is 2.24. The summed E-state index contributed by atoms with van der Waals surface area (Å²) in [5, 5.41) is 2.01. The van der Waals surface area contributed by atoms with Crippen LogP contribution >= 0.6 is 11.6 Å². The smallest absolute Gasteiger partial charge is 0.259 e. The number of nitrogens with two attached hydrogens (primary N) is 1. The van der Waals surface area contributed by atoms with Gasteiger partial charge in [0.1, 0.15) is 5.82 Å². The van der Waals surface area contributed by atoms with Crippen LogP contribution in [0.15, 0.2) is 29.1 Å². The average molecular weight is 209 g/mol. The molecule has 0 atom stereocenters. The van der Waals surface area contributed by atoms with Gasteiger partial charge in [-0.3, -0.25) is 9.36 Å². The molecular formula is C10H9ClN2O. The zero-order valence-corrected chi connectivity index (χ0v) is 8.38. The molecule has 3 nitrogen and oxygen atoms in total. The third-order valence-corrected chi connectivity index (χ3v) is 2.47. The van der Waals surface area contributed by atoms with Gasteiger partial charge in [-0.1, -0.05) is 11.6 Å². The quantitative estimate of drug-likeness (QED) is 0.718. The number of nitrogen functional groups attached to an aromatic ring is 1. The van der Waals surface area contributed by atoms with Gasteiger partial charge in [0, 0.05) is 17.5 Å². The zero-order valence-electron chi connectivity index (χ0n) is 7.62. The molecule has 4 heteroatoms. The number of fused-ring (bicyclic) bond motifs is 1. The van der Waals surface area contributed by atoms with Gasteiger partial charge in [-0.15, -0.1) is 0 Å². The van der Waals surface area contributed by atoms with Gasteiger partial charge in [0.05, 0.1) is 0 Å². The lowest BCUT2D eigenvalue weighted by molar-refractivity contribution is 0.888. The van der Waals surface area contributed by atoms with Crippen molar-refractivity contribution in [3.05, 3.63) is 39.6 Å². The predicted molar refractivity (Wildman–Crippen MR) is 58.6 cm³/mol. The molecule has 0 unspecified atom stereocenters. The Kier molecular flexibility index (Phi) is 1.97. The van der Waals surface area contributed by atoms with E-state index in [4.69, 9.17) is 17.3 Å². The molecule has 2 rings (SSSR count). The van der Waals surface area contributed by atoms with Crippen LogP contribution in [0.5, 0.6) is 0 Å². The minimum Gasteiger partial charge on any atom is -0.385 e. The van der Waals surface area contributed by atoms with Crippen molar-refractivity contribution in [2.45, 2.75) is 0 Å². The molecule has 1 heterocycles. The Bertz CT molecular complexity index is 560. The van der Waals surface area contributed by atoms with E-state index >= 15 is 0 Å². The number of rotatable bonds is 0. The highest BCUT2D eigenvalue weighted by atomic mass is 35.5. The Labute approximate surface area is 85.7 Å². The molecule has 0 fully saturated rings. The lowest BCUT2D eigenvalue weighted by Gasteiger charge is -2.05. The van der Waals surface area contributed by atoms with Crippen LogP contribution in [-0.2, 0) is 7.05 Å². The molecule has 72 valence electrons. The van der Waals surface area contributed by atoms with Gasteiger partial charge < -0.3 is 5.73 Å². The van der Waals surface area contributed by atoms with Crippen molar-refractivity contribution >= 4 is 28.2 Å². The van der Waals surface area contributed by atoms with Crippen LogP contribution in [0.2, 0.25) is 5.02 Å². The molecule has 0 saturated carbocycles. The molecule has 0 saturated heterocycles. The van der Waals surface area contributed by atoms with Crippen LogP contribution in [0, 0.1) is 0 Å². The van der Waals surface area contributed by atoms with Crippen molar-refractivity contribution in [3.63, 3.8) is 0 Å². The summed E-state index contributed by atoms with van der Waals surface area (Å²) < 4.78 is 1.41. The van der Waals surface area contributed by atoms with Crippen molar-refractivity contribution in [2.24, 2.45) is 7.05 Å². The molecule has 2 N–H and O–H groups in total. The summed E-state index contributed by atoms with van der Waals surface area (Å²) in [5.74, 6) is 0.435. The number of benzene rings is 1. The average Bonchev–Trinajstić information content (AvgIpc) is 2.14. The molecular weight excluding hydrogens is 200 g/mol. The fourth-order valence-corrected chi connectivity index (χ4v) is 1.58. The molecule has 14 heavy (non-hydrogen) atoms. The van der Waals surface area contributed by atoms with Crippen molar-refractivity contribution in [2.75, 3.05) is 5.73 Å². The Morgan fingerprint density at radius 1 is 1.36 bits per heavy atom. The van der Waals surface area contributed by atoms with Crippen LogP contribution in [0.4, 0.5) is 5.82 Å². The minimum atomic E-state index is -0.100. The standard InChI is InChI=1S/C10H9ClN2O/c1-13-9(12)5-6-4-7(11)2-3-8(6)10(13)14/h2-5H,12H2,1H3. The zero-order chi connectivity index (χ0) is 10.3. The molecule has 0 aliphatic heterocycles. The number of aromatic nitrogens is 1. The fourth-order valence-electron chi connectivity index (χ4n) is 1.40. The maximum absolute atomic E-state index is 11.7. The van der Waals surface area contributed by atoms with Crippen molar-refractivity contribution in [1.29, 1.82) is 0 Å². The topological polar surface area (TPSA) is 48.0 Å². The van der Waals surface area contributed by atoms with Crippen LogP contribution < -0.4 is 11.3 Å². The predicted octanol–water partition coefficient (Wildman–Crippen LogP) is 1.77. The van der Waals surface area contributed by atoms with E-state index in [1.165, 1.54) is 4.57 Å². The fraction of sp³-hybridized carbons (Fsp3) is 0.100. The summed E-state index contributed by atoms with van der Waals surface area (Å²) in [6, 6.07) is 6.87. The van der Waals surface area contributed by atoms with Crippen LogP contribution in [0.1, 0.15) is 0 Å². The van der Waals surface area contributed by atoms with Gasteiger partial charge in [-0.2, -0.15) is 0 Å². The Morgan fingerprint density at radius 2 is 2.07 bits per heavy atom. The normalized spacial score (nSPS) is 10.7. The number of anilines is 1. The van der Waals surface area contributed by atoms with Gasteiger partial charge >= 0.3 is 0 Å². The van der Waals surface area contributed by atoms with E-state index in [0.717, 1.165) is 5.39 Å². The number of halogens is 1. The largest absolute Gasteiger partial charge is 0.385 e. The first-order valence-electron chi connectivity index (χ1n) is 4.14. The van der Waals surface area contributed by atoms with Crippen molar-refractivity contribution in [1.82, 2.24) is 4.57 Å². The van der Waals surface area contributed by atoms with Gasteiger partial charge in [0.2, 0.25) is 0 Å². The Balaban J connectivity index is 2.98. The van der Waals surface area contributed by atoms with Crippen LogP contribution in [0.25, 0.3) is 10.8 Å². The van der Waals surface area contributed by atoms with Crippen LogP contribution in [0.3, 0.4) is 0 Å². The number of nitrogens with zero attached hydrogens (tertiary/aromatic N) is 1. The first-order chi connectivity index (χ1) is 6.59. The third kappa shape index (κ3) is 1.26. The summed E-state index contributed by atoms with van der Waals surface area (Å²) in [4.78, 5) is 11.7. The van der Waals surface area contributed by atoms with Crippen molar-refractivity contribution < 1.29 is 0 Å². The lowest BCUT2D eigenvalue weighted by atomic mass is 10.2. The first-order valence-corrected chi connectivity index (χ1v) is 4.52. The molecule has 0 spiro atoms. The van der Waals surface area contributed by atoms with Gasteiger partial charge in [-0.05, 0) is 29.7 Å². The van der Waals surface area contributed by atoms with E-state index in [-0.39, 0.29) is 5.56 Å². The summed E-state index contributed by atoms with van der Waals surface area (Å²) in [6.45, 7) is 0. The second kappa shape index (κ2) is 3.03. The number of hydrogen-bond donors (Lipinski definition) is 1. The highest BCUT2D eigenvalue weighted by Crippen LogP contribution is 2.18. The summed E-state index contributed by atoms with van der Waals surface area (Å²) in [7, 11) is 1.64. The number of pyridine rings is 1. The second-order valence-electron chi connectivity index (χ2n) is 3.16. The minimum absolute atomic E-state index is 0.100. The second-order valence-corrected chi connectivity index (χ2v) is 3.60. The molecule has 0 aliphatic rings. The lowest BCUT2D eigenvalue weighted by Crippen LogP contribution is -2.19. The molecule has 0 amide bonds. The van der Waals surface area contributed by atoms with E-state index in [2.05, 4.69) is 0 Å². The van der Waals surface area contributed by atoms with E-state index in [9.17, 15) is 4.79 Å². The highest BCUT2D eigenvalue weighted by Gasteiger charge is 2.03. The molecule has 0 bridgehead atoms. The maximum Gasteiger partial charge on any atom is 0.259 e. The molecule has 0 aliphatic carbocycles. The van der Waals surface area contributed by atoms with Crippen LogP contribution in [-0.4, -0.2) is 4.57 Å². The molecule has 1 aromatic heterocycles. The highest BCUT2D eigenvalue weighted by molar-refractivity contribution is 6.31. The monoisotopic (exact) mass is 208 g/mol. The van der Waals surface area contributed by atoms with Gasteiger partial charge in [0.15, 0.2) is 0 Å². The Hall–Kier alpha value is -1.48. The van der Waals surface area contributed by atoms with Crippen molar-refractivity contribution in [3.8, 4) is 0 Å². The first kappa shape index (κ1) is 9.09. The summed E-state index contributed by atoms with van der Waals surface area (Å²) in [5.41, 5.74) is 5.56. The Morgan fingerprint density at radius 3 is 2.79 bits per heavy atom. The van der Waals surface area contributed by atoms with E-state index in [1.807, 2.05) is 0 Å². The van der Waals surface area contributed by atoms with E-state index < -0.39 is 0 Å². The number of hydrogen-bond acceptors (Lipinski definition) is 2. The van der Waals surface area contributed by atoms with Gasteiger partial charge in [0.25, 0.3) is 5.56 Å².